The Morgan fingerprint density at radius 3 is 2.18 bits per heavy atom. The number of hydrogen-bond acceptors (Lipinski definition) is 4. The molecule has 2 amide bonds. The van der Waals surface area contributed by atoms with Crippen LogP contribution in [0.5, 0.6) is 5.75 Å². The summed E-state index contributed by atoms with van der Waals surface area (Å²) in [4.78, 5) is 26.9. The highest BCUT2D eigenvalue weighted by atomic mass is 35.5. The first-order chi connectivity index (χ1) is 10.6. The van der Waals surface area contributed by atoms with E-state index in [1.807, 2.05) is 6.07 Å². The highest BCUT2D eigenvalue weighted by Crippen LogP contribution is 2.15. The van der Waals surface area contributed by atoms with E-state index in [0.29, 0.717) is 37.0 Å². The van der Waals surface area contributed by atoms with Crippen molar-refractivity contribution in [2.75, 3.05) is 32.8 Å². The van der Waals surface area contributed by atoms with Crippen LogP contribution in [0.2, 0.25) is 5.02 Å². The standard InChI is InChI=1S/C15H16ClN3O3/c16-12-1-3-13(4-2-12)22-11-15(21)19-9-7-18(8-10-19)14(20)5-6-17/h1-4H,5,7-11H2. The fourth-order valence-corrected chi connectivity index (χ4v) is 2.28. The number of halogens is 1. The molecular formula is C15H16ClN3O3. The van der Waals surface area contributed by atoms with E-state index in [9.17, 15) is 9.59 Å². The number of nitrogens with zero attached hydrogens (tertiary/aromatic N) is 3. The fraction of sp³-hybridized carbons (Fsp3) is 0.400. The maximum Gasteiger partial charge on any atom is 0.260 e. The molecule has 0 unspecified atom stereocenters. The van der Waals surface area contributed by atoms with Crippen LogP contribution in [0, 0.1) is 11.3 Å². The molecule has 0 saturated carbocycles. The van der Waals surface area contributed by atoms with E-state index in [-0.39, 0.29) is 24.8 Å². The molecule has 1 aromatic rings. The summed E-state index contributed by atoms with van der Waals surface area (Å²) in [6.07, 6.45) is -0.117. The molecule has 7 heteroatoms. The monoisotopic (exact) mass is 321 g/mol. The zero-order chi connectivity index (χ0) is 15.9. The van der Waals surface area contributed by atoms with Gasteiger partial charge in [-0.2, -0.15) is 5.26 Å². The molecule has 1 aliphatic rings. The Bertz CT molecular complexity index is 575. The smallest absolute Gasteiger partial charge is 0.260 e. The van der Waals surface area contributed by atoms with Crippen LogP contribution in [0.1, 0.15) is 6.42 Å². The highest BCUT2D eigenvalue weighted by molar-refractivity contribution is 6.30. The molecule has 22 heavy (non-hydrogen) atoms. The van der Waals surface area contributed by atoms with E-state index >= 15 is 0 Å². The minimum atomic E-state index is -0.188. The fourth-order valence-electron chi connectivity index (χ4n) is 2.15. The third-order valence-electron chi connectivity index (χ3n) is 3.39. The van der Waals surface area contributed by atoms with Crippen molar-refractivity contribution in [3.05, 3.63) is 29.3 Å². The number of hydrogen-bond donors (Lipinski definition) is 0. The largest absolute Gasteiger partial charge is 0.484 e. The van der Waals surface area contributed by atoms with Crippen molar-refractivity contribution >= 4 is 23.4 Å². The number of ether oxygens (including phenoxy) is 1. The number of rotatable bonds is 4. The van der Waals surface area contributed by atoms with Crippen LogP contribution in [0.25, 0.3) is 0 Å². The lowest BCUT2D eigenvalue weighted by atomic mass is 10.3. The predicted molar refractivity (Wildman–Crippen MR) is 80.3 cm³/mol. The van der Waals surface area contributed by atoms with Gasteiger partial charge in [0, 0.05) is 31.2 Å². The molecule has 0 radical (unpaired) electrons. The lowest BCUT2D eigenvalue weighted by Crippen LogP contribution is -2.51. The first kappa shape index (κ1) is 16.1. The van der Waals surface area contributed by atoms with Crippen LogP contribution in [0.3, 0.4) is 0 Å². The SMILES string of the molecule is N#CCC(=O)N1CCN(C(=O)COc2ccc(Cl)cc2)CC1. The molecule has 0 atom stereocenters. The number of nitriles is 1. The lowest BCUT2D eigenvalue weighted by molar-refractivity contribution is -0.140. The Balaban J connectivity index is 1.76. The number of carbonyl (C=O) groups is 2. The summed E-state index contributed by atoms with van der Waals surface area (Å²) < 4.78 is 5.42. The third kappa shape index (κ3) is 4.37. The van der Waals surface area contributed by atoms with Crippen molar-refractivity contribution in [3.8, 4) is 11.8 Å². The van der Waals surface area contributed by atoms with E-state index in [0.717, 1.165) is 0 Å². The first-order valence-corrected chi connectivity index (χ1v) is 7.29. The molecule has 6 nitrogen and oxygen atoms in total. The molecule has 2 rings (SSSR count). The van der Waals surface area contributed by atoms with Gasteiger partial charge in [0.05, 0.1) is 6.07 Å². The Morgan fingerprint density at radius 1 is 1.09 bits per heavy atom. The molecule has 0 aliphatic carbocycles. The predicted octanol–water partition coefficient (Wildman–Crippen LogP) is 1.30. The average Bonchev–Trinajstić information content (AvgIpc) is 2.54. The normalized spacial score (nSPS) is 14.4. The van der Waals surface area contributed by atoms with Gasteiger partial charge in [0.1, 0.15) is 12.2 Å². The molecule has 116 valence electrons. The van der Waals surface area contributed by atoms with Crippen molar-refractivity contribution in [1.29, 1.82) is 5.26 Å². The average molecular weight is 322 g/mol. The molecule has 0 spiro atoms. The van der Waals surface area contributed by atoms with Crippen LogP contribution in [-0.2, 0) is 9.59 Å². The van der Waals surface area contributed by atoms with Gasteiger partial charge in [-0.25, -0.2) is 0 Å². The third-order valence-corrected chi connectivity index (χ3v) is 3.64. The molecule has 1 aromatic carbocycles. The van der Waals surface area contributed by atoms with Crippen LogP contribution in [0.15, 0.2) is 24.3 Å². The van der Waals surface area contributed by atoms with Gasteiger partial charge >= 0.3 is 0 Å². The molecule has 1 heterocycles. The first-order valence-electron chi connectivity index (χ1n) is 6.91. The summed E-state index contributed by atoms with van der Waals surface area (Å²) in [6.45, 7) is 1.77. The number of benzene rings is 1. The zero-order valence-corrected chi connectivity index (χ0v) is 12.8. The van der Waals surface area contributed by atoms with E-state index in [1.54, 1.807) is 34.1 Å². The lowest BCUT2D eigenvalue weighted by Gasteiger charge is -2.34. The van der Waals surface area contributed by atoms with Gasteiger partial charge in [0.15, 0.2) is 6.61 Å². The second-order valence-corrected chi connectivity index (χ2v) is 5.28. The zero-order valence-electron chi connectivity index (χ0n) is 12.0. The summed E-state index contributed by atoms with van der Waals surface area (Å²) in [5, 5.41) is 9.12. The summed E-state index contributed by atoms with van der Waals surface area (Å²) >= 11 is 5.77. The molecule has 0 bridgehead atoms. The molecular weight excluding hydrogens is 306 g/mol. The van der Waals surface area contributed by atoms with Crippen LogP contribution in [0.4, 0.5) is 0 Å². The molecule has 0 aromatic heterocycles. The minimum Gasteiger partial charge on any atom is -0.484 e. The Hall–Kier alpha value is -2.26. The maximum atomic E-state index is 12.1. The summed E-state index contributed by atoms with van der Waals surface area (Å²) in [6, 6.07) is 8.64. The second kappa shape index (κ2) is 7.66. The summed E-state index contributed by atoms with van der Waals surface area (Å²) in [5.74, 6) is 0.273. The van der Waals surface area contributed by atoms with Crippen molar-refractivity contribution in [2.45, 2.75) is 6.42 Å². The van der Waals surface area contributed by atoms with Gasteiger partial charge in [0.25, 0.3) is 5.91 Å². The number of amides is 2. The highest BCUT2D eigenvalue weighted by Gasteiger charge is 2.23. The summed E-state index contributed by atoms with van der Waals surface area (Å²) in [7, 11) is 0. The van der Waals surface area contributed by atoms with Gasteiger partial charge in [0.2, 0.25) is 5.91 Å². The van der Waals surface area contributed by atoms with Crippen LogP contribution in [-0.4, -0.2) is 54.4 Å². The van der Waals surface area contributed by atoms with Gasteiger partial charge in [-0.15, -0.1) is 0 Å². The molecule has 0 N–H and O–H groups in total. The van der Waals surface area contributed by atoms with E-state index in [2.05, 4.69) is 0 Å². The second-order valence-electron chi connectivity index (χ2n) is 4.84. The summed E-state index contributed by atoms with van der Waals surface area (Å²) in [5.41, 5.74) is 0. The topological polar surface area (TPSA) is 73.6 Å². The van der Waals surface area contributed by atoms with Gasteiger partial charge in [-0.1, -0.05) is 11.6 Å². The molecule has 1 fully saturated rings. The van der Waals surface area contributed by atoms with Gasteiger partial charge in [-0.05, 0) is 24.3 Å². The van der Waals surface area contributed by atoms with Crippen LogP contribution >= 0.6 is 11.6 Å². The van der Waals surface area contributed by atoms with Crippen molar-refractivity contribution < 1.29 is 14.3 Å². The van der Waals surface area contributed by atoms with Crippen molar-refractivity contribution in [3.63, 3.8) is 0 Å². The van der Waals surface area contributed by atoms with Crippen molar-refractivity contribution in [2.24, 2.45) is 0 Å². The van der Waals surface area contributed by atoms with Gasteiger partial charge in [-0.3, -0.25) is 9.59 Å². The van der Waals surface area contributed by atoms with Gasteiger partial charge < -0.3 is 14.5 Å². The molecule has 1 saturated heterocycles. The number of piperazine rings is 1. The Labute approximate surface area is 133 Å². The molecule has 1 aliphatic heterocycles. The quantitative estimate of drug-likeness (QED) is 0.838. The Morgan fingerprint density at radius 2 is 1.64 bits per heavy atom. The maximum absolute atomic E-state index is 12.1. The van der Waals surface area contributed by atoms with Crippen LogP contribution < -0.4 is 4.74 Å². The number of carbonyl (C=O) groups excluding carboxylic acids is 2. The Kier molecular flexibility index (Phi) is 5.61. The van der Waals surface area contributed by atoms with E-state index in [4.69, 9.17) is 21.6 Å². The van der Waals surface area contributed by atoms with E-state index < -0.39 is 0 Å². The van der Waals surface area contributed by atoms with E-state index in [1.165, 1.54) is 0 Å². The minimum absolute atomic E-state index is 0.0478. The van der Waals surface area contributed by atoms with Crippen molar-refractivity contribution in [1.82, 2.24) is 9.80 Å².